The first kappa shape index (κ1) is 4.77. The fourth-order valence-electron chi connectivity index (χ4n) is 1.69. The molecule has 0 aromatic carbocycles. The molecule has 0 aromatic heterocycles. The smallest absolute Gasteiger partial charge is 0.0782 e. The van der Waals surface area contributed by atoms with E-state index in [1.807, 2.05) is 0 Å². The molecule has 0 aromatic rings. The molecule has 3 aliphatic rings. The normalized spacial score (nSPS) is 60.8. The zero-order valence-corrected chi connectivity index (χ0v) is 5.05. The minimum atomic E-state index is 0.0278. The molecule has 2 atom stereocenters. The van der Waals surface area contributed by atoms with E-state index in [1.54, 1.807) is 0 Å². The molecule has 2 nitrogen and oxygen atoms in total. The summed E-state index contributed by atoms with van der Waals surface area (Å²) in [5.74, 6) is 0. The van der Waals surface area contributed by atoms with Crippen LogP contribution >= 0.6 is 0 Å². The van der Waals surface area contributed by atoms with Gasteiger partial charge in [0.15, 0.2) is 0 Å². The Morgan fingerprint density at radius 3 is 2.12 bits per heavy atom. The first-order valence-corrected chi connectivity index (χ1v) is 3.15. The van der Waals surface area contributed by atoms with E-state index < -0.39 is 0 Å². The molecule has 2 unspecified atom stereocenters. The van der Waals surface area contributed by atoms with Crippen LogP contribution in [0.25, 0.3) is 0 Å². The van der Waals surface area contributed by atoms with Crippen molar-refractivity contribution >= 4 is 0 Å². The highest BCUT2D eigenvalue weighted by molar-refractivity contribution is 5.10. The Hall–Kier alpha value is -0.0800. The van der Waals surface area contributed by atoms with Gasteiger partial charge >= 0.3 is 0 Å². The van der Waals surface area contributed by atoms with Crippen LogP contribution in [0.3, 0.4) is 0 Å². The minimum absolute atomic E-state index is 0.0278. The number of nitrogens with two attached hydrogens (primary N) is 1. The van der Waals surface area contributed by atoms with Crippen molar-refractivity contribution in [3.05, 3.63) is 0 Å². The lowest BCUT2D eigenvalue weighted by Gasteiger charge is -2.43. The number of hydrogen-bond donors (Lipinski definition) is 1. The molecule has 2 saturated heterocycles. The van der Waals surface area contributed by atoms with Gasteiger partial charge in [-0.05, 0) is 19.8 Å². The summed E-state index contributed by atoms with van der Waals surface area (Å²) in [7, 11) is 0. The van der Waals surface area contributed by atoms with E-state index in [4.69, 9.17) is 10.5 Å². The van der Waals surface area contributed by atoms with Gasteiger partial charge in [-0.2, -0.15) is 0 Å². The van der Waals surface area contributed by atoms with Gasteiger partial charge in [0.1, 0.15) is 0 Å². The predicted molar refractivity (Wildman–Crippen MR) is 30.5 cm³/mol. The molecule has 0 spiro atoms. The van der Waals surface area contributed by atoms with Crippen LogP contribution in [0.1, 0.15) is 19.8 Å². The van der Waals surface area contributed by atoms with E-state index in [2.05, 4.69) is 6.92 Å². The van der Waals surface area contributed by atoms with Crippen molar-refractivity contribution in [2.24, 2.45) is 5.73 Å². The summed E-state index contributed by atoms with van der Waals surface area (Å²) in [4.78, 5) is 0. The second kappa shape index (κ2) is 1.09. The molecule has 1 aliphatic carbocycles. The second-order valence-corrected chi connectivity index (χ2v) is 3.06. The number of rotatable bonds is 0. The van der Waals surface area contributed by atoms with Crippen LogP contribution in [-0.2, 0) is 4.74 Å². The van der Waals surface area contributed by atoms with Crippen molar-refractivity contribution in [2.75, 3.05) is 0 Å². The van der Waals surface area contributed by atoms with Crippen molar-refractivity contribution in [2.45, 2.75) is 37.5 Å². The summed E-state index contributed by atoms with van der Waals surface area (Å²) < 4.78 is 5.34. The zero-order chi connectivity index (χ0) is 5.78. The fraction of sp³-hybridized carbons (Fsp3) is 1.00. The van der Waals surface area contributed by atoms with Crippen LogP contribution in [-0.4, -0.2) is 17.7 Å². The molecule has 2 bridgehead atoms. The molecule has 2 N–H and O–H groups in total. The van der Waals surface area contributed by atoms with Gasteiger partial charge in [-0.15, -0.1) is 0 Å². The SMILES string of the molecule is CC1(N)C2CCC1O2. The van der Waals surface area contributed by atoms with Crippen molar-refractivity contribution in [3.8, 4) is 0 Å². The molecule has 2 heteroatoms. The molecule has 0 radical (unpaired) electrons. The van der Waals surface area contributed by atoms with Gasteiger partial charge < -0.3 is 10.5 Å². The summed E-state index contributed by atoms with van der Waals surface area (Å²) in [5.41, 5.74) is 5.87. The third-order valence-corrected chi connectivity index (χ3v) is 2.41. The molecular formula is C6H11NO. The Morgan fingerprint density at radius 2 is 2.00 bits per heavy atom. The van der Waals surface area contributed by atoms with Gasteiger partial charge in [0.25, 0.3) is 0 Å². The van der Waals surface area contributed by atoms with E-state index in [-0.39, 0.29) is 5.54 Å². The lowest BCUT2D eigenvalue weighted by molar-refractivity contribution is -0.139. The standard InChI is InChI=1S/C6H11NO/c1-6(7)4-2-3-5(6)8-4/h4-5H,2-3,7H2,1H3. The third-order valence-electron chi connectivity index (χ3n) is 2.41. The quantitative estimate of drug-likeness (QED) is 0.489. The lowest BCUT2D eigenvalue weighted by Crippen LogP contribution is -2.63. The number of hydrogen-bond acceptors (Lipinski definition) is 2. The maximum atomic E-state index is 5.85. The highest BCUT2D eigenvalue weighted by Gasteiger charge is 2.55. The zero-order valence-electron chi connectivity index (χ0n) is 5.05. The number of fused-ring (bicyclic) bond motifs is 1. The average molecular weight is 113 g/mol. The van der Waals surface area contributed by atoms with Crippen molar-refractivity contribution in [3.63, 3.8) is 0 Å². The topological polar surface area (TPSA) is 35.2 Å². The second-order valence-electron chi connectivity index (χ2n) is 3.06. The van der Waals surface area contributed by atoms with Gasteiger partial charge in [-0.3, -0.25) is 0 Å². The first-order chi connectivity index (χ1) is 3.71. The third kappa shape index (κ3) is 0.327. The van der Waals surface area contributed by atoms with E-state index in [0.717, 1.165) is 0 Å². The van der Waals surface area contributed by atoms with E-state index in [0.29, 0.717) is 12.2 Å². The van der Waals surface area contributed by atoms with Gasteiger partial charge in [0, 0.05) is 0 Å². The van der Waals surface area contributed by atoms with Gasteiger partial charge in [0.05, 0.1) is 17.7 Å². The van der Waals surface area contributed by atoms with Crippen LogP contribution in [0.4, 0.5) is 0 Å². The Morgan fingerprint density at radius 1 is 1.50 bits per heavy atom. The monoisotopic (exact) mass is 113 g/mol. The predicted octanol–water partition coefficient (Wildman–Crippen LogP) is 0.265. The van der Waals surface area contributed by atoms with Gasteiger partial charge in [0.2, 0.25) is 0 Å². The Balaban J connectivity index is 2.23. The summed E-state index contributed by atoms with van der Waals surface area (Å²) in [6, 6.07) is 0. The molecule has 46 valence electrons. The van der Waals surface area contributed by atoms with Crippen LogP contribution < -0.4 is 5.73 Å². The average Bonchev–Trinajstić information content (AvgIpc) is 2.18. The summed E-state index contributed by atoms with van der Waals surface area (Å²) >= 11 is 0. The largest absolute Gasteiger partial charge is 0.371 e. The first-order valence-electron chi connectivity index (χ1n) is 3.15. The van der Waals surface area contributed by atoms with Crippen LogP contribution in [0.2, 0.25) is 0 Å². The highest BCUT2D eigenvalue weighted by atomic mass is 16.5. The van der Waals surface area contributed by atoms with Crippen molar-refractivity contribution in [1.29, 1.82) is 0 Å². The molecule has 3 rings (SSSR count). The van der Waals surface area contributed by atoms with E-state index >= 15 is 0 Å². The molecule has 2 heterocycles. The van der Waals surface area contributed by atoms with Gasteiger partial charge in [-0.1, -0.05) is 0 Å². The van der Waals surface area contributed by atoms with E-state index in [9.17, 15) is 0 Å². The summed E-state index contributed by atoms with van der Waals surface area (Å²) in [6.45, 7) is 2.08. The summed E-state index contributed by atoms with van der Waals surface area (Å²) in [5, 5.41) is 0. The molecule has 2 aliphatic heterocycles. The molecular weight excluding hydrogens is 102 g/mol. The summed E-state index contributed by atoms with van der Waals surface area (Å²) in [6.07, 6.45) is 3.12. The lowest BCUT2D eigenvalue weighted by atomic mass is 9.91. The maximum Gasteiger partial charge on any atom is 0.0782 e. The fourth-order valence-corrected chi connectivity index (χ4v) is 1.69. The highest BCUT2D eigenvalue weighted by Crippen LogP contribution is 2.43. The molecule has 3 fully saturated rings. The molecule has 1 saturated carbocycles. The van der Waals surface area contributed by atoms with Crippen molar-refractivity contribution in [1.82, 2.24) is 0 Å². The Labute approximate surface area is 49.0 Å². The maximum absolute atomic E-state index is 5.85. The minimum Gasteiger partial charge on any atom is -0.371 e. The molecule has 8 heavy (non-hydrogen) atoms. The number of ether oxygens (including phenoxy) is 1. The van der Waals surface area contributed by atoms with Crippen LogP contribution in [0, 0.1) is 0 Å². The molecule has 0 amide bonds. The Kier molecular flexibility index (Phi) is 0.649. The van der Waals surface area contributed by atoms with E-state index in [1.165, 1.54) is 12.8 Å². The van der Waals surface area contributed by atoms with Crippen LogP contribution in [0.15, 0.2) is 0 Å². The Bertz CT molecular complexity index is 106. The van der Waals surface area contributed by atoms with Crippen LogP contribution in [0.5, 0.6) is 0 Å². The van der Waals surface area contributed by atoms with Crippen molar-refractivity contribution < 1.29 is 4.74 Å². The van der Waals surface area contributed by atoms with Gasteiger partial charge in [-0.25, -0.2) is 0 Å².